The molecule has 11 heteroatoms. The Morgan fingerprint density at radius 2 is 1.59 bits per heavy atom. The molecule has 0 aromatic rings. The van der Waals surface area contributed by atoms with Crippen LogP contribution in [0.15, 0.2) is 0 Å². The summed E-state index contributed by atoms with van der Waals surface area (Å²) in [6.07, 6.45) is 10.9. The highest BCUT2D eigenvalue weighted by molar-refractivity contribution is 5.86. The summed E-state index contributed by atoms with van der Waals surface area (Å²) in [5, 5.41) is 22.0. The van der Waals surface area contributed by atoms with E-state index in [9.17, 15) is 24.3 Å². The molecule has 0 spiro atoms. The first-order chi connectivity index (χ1) is 21.1. The van der Waals surface area contributed by atoms with Crippen molar-refractivity contribution in [1.29, 1.82) is 0 Å². The van der Waals surface area contributed by atoms with Gasteiger partial charge in [-0.25, -0.2) is 4.79 Å². The second-order valence-electron chi connectivity index (χ2n) is 14.4. The predicted octanol–water partition coefficient (Wildman–Crippen LogP) is 4.09. The van der Waals surface area contributed by atoms with E-state index in [0.717, 1.165) is 44.9 Å². The molecule has 4 fully saturated rings. The van der Waals surface area contributed by atoms with Crippen molar-refractivity contribution in [3.8, 4) is 0 Å². The molecule has 0 aromatic carbocycles. The Labute approximate surface area is 262 Å². The van der Waals surface area contributed by atoms with Crippen molar-refractivity contribution in [2.45, 2.75) is 141 Å². The van der Waals surface area contributed by atoms with Crippen molar-refractivity contribution in [3.63, 3.8) is 0 Å². The normalized spacial score (nSPS) is 31.8. The van der Waals surface area contributed by atoms with E-state index in [0.29, 0.717) is 31.2 Å². The Morgan fingerprint density at radius 1 is 0.864 bits per heavy atom. The summed E-state index contributed by atoms with van der Waals surface area (Å²) in [5.41, 5.74) is 0. The number of carboxylic acid groups (broad SMARTS) is 1. The van der Waals surface area contributed by atoms with Crippen LogP contribution in [0.25, 0.3) is 0 Å². The number of carbonyl (C=O) groups excluding carboxylic acids is 3. The van der Waals surface area contributed by atoms with Crippen molar-refractivity contribution in [2.24, 2.45) is 29.6 Å². The topological polar surface area (TPSA) is 155 Å². The fourth-order valence-corrected chi connectivity index (χ4v) is 7.77. The van der Waals surface area contributed by atoms with Crippen molar-refractivity contribution in [3.05, 3.63) is 0 Å². The van der Waals surface area contributed by atoms with Gasteiger partial charge in [0.05, 0.1) is 18.6 Å². The molecule has 4 amide bonds. The first-order valence-corrected chi connectivity index (χ1v) is 17.2. The Kier molecular flexibility index (Phi) is 13.1. The zero-order valence-electron chi connectivity index (χ0n) is 27.0. The van der Waals surface area contributed by atoms with Crippen molar-refractivity contribution < 1.29 is 33.8 Å². The van der Waals surface area contributed by atoms with Gasteiger partial charge in [-0.05, 0) is 87.9 Å². The molecule has 44 heavy (non-hydrogen) atoms. The van der Waals surface area contributed by atoms with Crippen LogP contribution in [-0.2, 0) is 23.9 Å². The van der Waals surface area contributed by atoms with Crippen molar-refractivity contribution in [2.75, 3.05) is 13.3 Å². The van der Waals surface area contributed by atoms with Gasteiger partial charge in [0, 0.05) is 37.0 Å². The molecular weight excluding hydrogens is 564 g/mol. The van der Waals surface area contributed by atoms with Gasteiger partial charge in [0.2, 0.25) is 11.8 Å². The van der Waals surface area contributed by atoms with Gasteiger partial charge in [0.25, 0.3) is 0 Å². The molecule has 250 valence electrons. The lowest BCUT2D eigenvalue weighted by atomic mass is 9.79. The van der Waals surface area contributed by atoms with E-state index in [1.54, 1.807) is 0 Å². The average molecular weight is 621 g/mol. The first kappa shape index (κ1) is 34.5. The van der Waals surface area contributed by atoms with Crippen LogP contribution in [0.2, 0.25) is 0 Å². The van der Waals surface area contributed by atoms with Gasteiger partial charge in [0.1, 0.15) is 6.79 Å². The van der Waals surface area contributed by atoms with E-state index in [1.807, 2.05) is 13.8 Å². The maximum absolute atomic E-state index is 13.3. The number of aliphatic carboxylic acids is 1. The minimum Gasteiger partial charge on any atom is -0.481 e. The summed E-state index contributed by atoms with van der Waals surface area (Å²) < 4.78 is 11.3. The number of carbonyl (C=O) groups is 4. The summed E-state index contributed by atoms with van der Waals surface area (Å²) in [6, 6.07) is -0.157. The molecule has 0 radical (unpaired) electrons. The molecule has 11 nitrogen and oxygen atoms in total. The molecule has 0 bridgehead atoms. The number of nitrogens with one attached hydrogen (secondary N) is 4. The molecular formula is C33H56N4O7. The Morgan fingerprint density at radius 3 is 2.30 bits per heavy atom. The number of fused-ring (bicyclic) bond motifs is 1. The number of urea groups is 1. The average Bonchev–Trinajstić information content (AvgIpc) is 3.45. The third-order valence-electron chi connectivity index (χ3n) is 10.4. The minimum absolute atomic E-state index is 0.0121. The summed E-state index contributed by atoms with van der Waals surface area (Å²) in [6.45, 7) is 7.10. The van der Waals surface area contributed by atoms with E-state index in [-0.39, 0.29) is 73.6 Å². The number of hydrogen-bond acceptors (Lipinski definition) is 6. The third-order valence-corrected chi connectivity index (χ3v) is 10.4. The Bertz CT molecular complexity index is 970. The number of ether oxygens (including phenoxy) is 2. The van der Waals surface area contributed by atoms with Crippen LogP contribution in [0.1, 0.15) is 111 Å². The maximum Gasteiger partial charge on any atom is 0.315 e. The van der Waals surface area contributed by atoms with Crippen LogP contribution in [0.4, 0.5) is 4.79 Å². The molecule has 1 heterocycles. The molecule has 4 rings (SSSR count). The van der Waals surface area contributed by atoms with E-state index in [4.69, 9.17) is 9.47 Å². The highest BCUT2D eigenvalue weighted by atomic mass is 16.7. The van der Waals surface area contributed by atoms with Gasteiger partial charge in [-0.1, -0.05) is 33.6 Å². The van der Waals surface area contributed by atoms with Crippen molar-refractivity contribution in [1.82, 2.24) is 21.3 Å². The smallest absolute Gasteiger partial charge is 0.315 e. The van der Waals surface area contributed by atoms with Crippen LogP contribution >= 0.6 is 0 Å². The van der Waals surface area contributed by atoms with E-state index in [2.05, 4.69) is 28.2 Å². The summed E-state index contributed by atoms with van der Waals surface area (Å²) in [4.78, 5) is 50.7. The number of hydrogen-bond donors (Lipinski definition) is 5. The lowest BCUT2D eigenvalue weighted by Crippen LogP contribution is -2.50. The monoisotopic (exact) mass is 620 g/mol. The molecule has 7 unspecified atom stereocenters. The molecule has 0 aromatic heterocycles. The van der Waals surface area contributed by atoms with Gasteiger partial charge >= 0.3 is 12.0 Å². The van der Waals surface area contributed by atoms with Gasteiger partial charge in [0.15, 0.2) is 0 Å². The number of amides is 4. The van der Waals surface area contributed by atoms with Crippen LogP contribution < -0.4 is 21.3 Å². The van der Waals surface area contributed by atoms with Crippen LogP contribution in [0, 0.1) is 29.6 Å². The zero-order valence-corrected chi connectivity index (χ0v) is 27.0. The van der Waals surface area contributed by atoms with E-state index >= 15 is 0 Å². The summed E-state index contributed by atoms with van der Waals surface area (Å²) in [7, 11) is 0. The third kappa shape index (κ3) is 10.6. The second-order valence-corrected chi connectivity index (χ2v) is 14.4. The quantitative estimate of drug-likeness (QED) is 0.208. The standard InChI is InChI=1S/C33H56N4O7/c1-20(2)14-24(16-30(38)36-27(17-31(39)40)23-10-13-28-29(15-23)44-19-43-28)32(41)34-18-22-8-11-25(12-9-22)35-33(42)37-26-7-5-4-6-21(26)3/h20-29H,4-19H2,1-3H3,(H,34,41)(H,36,38)(H,39,40)(H2,35,37,42). The number of rotatable bonds is 13. The predicted molar refractivity (Wildman–Crippen MR) is 166 cm³/mol. The fraction of sp³-hybridized carbons (Fsp3) is 0.879. The SMILES string of the molecule is CC(C)CC(CC(=O)NC(CC(=O)O)C1CCC2OCOC2C1)C(=O)NCC1CCC(NC(=O)NC2CCCCC2C)CC1. The second kappa shape index (κ2) is 16.8. The van der Waals surface area contributed by atoms with Crippen LogP contribution in [-0.4, -0.2) is 72.6 Å². The lowest BCUT2D eigenvalue weighted by Gasteiger charge is -2.35. The summed E-state index contributed by atoms with van der Waals surface area (Å²) >= 11 is 0. The summed E-state index contributed by atoms with van der Waals surface area (Å²) in [5.74, 6) is -0.767. The Balaban J connectivity index is 1.20. The van der Waals surface area contributed by atoms with Gasteiger partial charge in [-0.3, -0.25) is 14.4 Å². The molecule has 3 saturated carbocycles. The molecule has 4 aliphatic rings. The number of carboxylic acids is 1. The van der Waals surface area contributed by atoms with E-state index < -0.39 is 17.9 Å². The zero-order chi connectivity index (χ0) is 31.6. The first-order valence-electron chi connectivity index (χ1n) is 17.2. The van der Waals surface area contributed by atoms with Gasteiger partial charge < -0.3 is 35.8 Å². The van der Waals surface area contributed by atoms with Crippen LogP contribution in [0.5, 0.6) is 0 Å². The molecule has 1 saturated heterocycles. The highest BCUT2D eigenvalue weighted by Crippen LogP contribution is 2.35. The molecule has 1 aliphatic heterocycles. The minimum atomic E-state index is -0.957. The van der Waals surface area contributed by atoms with Crippen LogP contribution in [0.3, 0.4) is 0 Å². The molecule has 3 aliphatic carbocycles. The van der Waals surface area contributed by atoms with E-state index in [1.165, 1.54) is 19.3 Å². The molecule has 5 N–H and O–H groups in total. The molecule has 7 atom stereocenters. The lowest BCUT2D eigenvalue weighted by molar-refractivity contribution is -0.139. The Hall–Kier alpha value is -2.40. The van der Waals surface area contributed by atoms with Crippen molar-refractivity contribution >= 4 is 23.8 Å². The van der Waals surface area contributed by atoms with Gasteiger partial charge in [-0.2, -0.15) is 0 Å². The maximum atomic E-state index is 13.3. The van der Waals surface area contributed by atoms with Gasteiger partial charge in [-0.15, -0.1) is 0 Å². The largest absolute Gasteiger partial charge is 0.481 e. The fourth-order valence-electron chi connectivity index (χ4n) is 7.77. The highest BCUT2D eigenvalue weighted by Gasteiger charge is 2.40.